The lowest BCUT2D eigenvalue weighted by molar-refractivity contribution is -0.122. The number of benzene rings is 5. The Morgan fingerprint density at radius 2 is 1.18 bits per heavy atom. The van der Waals surface area contributed by atoms with Gasteiger partial charge in [0.05, 0.1) is 23.9 Å². The molecule has 0 bridgehead atoms. The smallest absolute Gasteiger partial charge is 0.275 e. The maximum absolute atomic E-state index is 15.2. The maximum atomic E-state index is 15.2. The van der Waals surface area contributed by atoms with Crippen LogP contribution in [0.1, 0.15) is 34.7 Å². The zero-order chi connectivity index (χ0) is 31.0. The minimum atomic E-state index is -1.71. The molecule has 6 nitrogen and oxygen atoms in total. The van der Waals surface area contributed by atoms with E-state index in [1.165, 1.54) is 17.9 Å². The van der Waals surface area contributed by atoms with Crippen LogP contribution in [0, 0.1) is 5.82 Å². The minimum Gasteiger partial charge on any atom is -0.317 e. The van der Waals surface area contributed by atoms with Gasteiger partial charge >= 0.3 is 0 Å². The number of amides is 1. The summed E-state index contributed by atoms with van der Waals surface area (Å²) in [7, 11) is 0. The first-order valence-electron chi connectivity index (χ1n) is 14.7. The number of rotatable bonds is 6. The zero-order valence-electron chi connectivity index (χ0n) is 24.6. The predicted octanol–water partition coefficient (Wildman–Crippen LogP) is 7.05. The van der Waals surface area contributed by atoms with E-state index in [0.29, 0.717) is 22.8 Å². The third kappa shape index (κ3) is 4.65. The van der Waals surface area contributed by atoms with Crippen molar-refractivity contribution in [3.63, 3.8) is 0 Å². The van der Waals surface area contributed by atoms with Crippen molar-refractivity contribution in [1.82, 2.24) is 9.55 Å². The summed E-state index contributed by atoms with van der Waals surface area (Å²) in [5.74, 6) is -0.581. The number of aliphatic imine (C=N–C) groups is 1. The number of fused-ring (bicyclic) bond motifs is 1. The number of halogens is 1. The number of carbonyl (C=O) groups excluding carboxylic acids is 1. The fourth-order valence-corrected chi connectivity index (χ4v) is 6.23. The van der Waals surface area contributed by atoms with Crippen LogP contribution in [-0.4, -0.2) is 26.8 Å². The van der Waals surface area contributed by atoms with E-state index in [2.05, 4.69) is 41.4 Å². The fraction of sp³-hybridized carbons (Fsp3) is 0.0789. The van der Waals surface area contributed by atoms with Crippen LogP contribution in [0.25, 0.3) is 0 Å². The standard InChI is InChI=1S/C38H30FN5O/c1-37(40)36(45)44(33-24-14-12-22-31(33)35(42-37)30-21-11-13-23-32(30)39)34-25-43(26-41-34)38(27-15-5-2-6-16-27,28-17-7-3-8-18-28)29-19-9-4-10-20-29/h2-26H,40H2,1H3. The molecule has 0 aliphatic carbocycles. The lowest BCUT2D eigenvalue weighted by atomic mass is 9.77. The van der Waals surface area contributed by atoms with Crippen LogP contribution >= 0.6 is 0 Å². The normalized spacial score (nSPS) is 16.6. The summed E-state index contributed by atoms with van der Waals surface area (Å²) in [6.45, 7) is 1.54. The third-order valence-corrected chi connectivity index (χ3v) is 8.27. The fourth-order valence-electron chi connectivity index (χ4n) is 6.23. The van der Waals surface area contributed by atoms with Crippen LogP contribution in [0.5, 0.6) is 0 Å². The van der Waals surface area contributed by atoms with E-state index in [1.54, 1.807) is 24.5 Å². The monoisotopic (exact) mass is 591 g/mol. The second-order valence-electron chi connectivity index (χ2n) is 11.2. The molecule has 2 heterocycles. The Hall–Kier alpha value is -5.66. The number of hydrogen-bond donors (Lipinski definition) is 1. The Kier molecular flexibility index (Phi) is 6.95. The molecule has 1 unspecified atom stereocenters. The molecular formula is C38H30FN5O. The average Bonchev–Trinajstić information content (AvgIpc) is 3.53. The van der Waals surface area contributed by atoms with E-state index in [0.717, 1.165) is 16.7 Å². The molecule has 1 aromatic heterocycles. The summed E-state index contributed by atoms with van der Waals surface area (Å²) < 4.78 is 17.2. The molecule has 7 rings (SSSR count). The molecule has 1 aliphatic rings. The number of nitrogens with zero attached hydrogens (tertiary/aromatic N) is 4. The summed E-state index contributed by atoms with van der Waals surface area (Å²) in [6, 6.07) is 44.3. The van der Waals surface area contributed by atoms with Crippen LogP contribution in [0.15, 0.2) is 157 Å². The molecule has 45 heavy (non-hydrogen) atoms. The minimum absolute atomic E-state index is 0.262. The van der Waals surface area contributed by atoms with Crippen molar-refractivity contribution in [2.75, 3.05) is 4.90 Å². The number of benzodiazepines with no additional fused rings is 1. The lowest BCUT2D eigenvalue weighted by Crippen LogP contribution is -2.50. The quantitative estimate of drug-likeness (QED) is 0.211. The van der Waals surface area contributed by atoms with Gasteiger partial charge in [-0.1, -0.05) is 121 Å². The first-order valence-corrected chi connectivity index (χ1v) is 14.7. The Bertz CT molecular complexity index is 1920. The van der Waals surface area contributed by atoms with Gasteiger partial charge in [-0.2, -0.15) is 0 Å². The first kappa shape index (κ1) is 28.1. The van der Waals surface area contributed by atoms with E-state index in [1.807, 2.05) is 89.6 Å². The van der Waals surface area contributed by atoms with Crippen LogP contribution in [0.4, 0.5) is 15.9 Å². The van der Waals surface area contributed by atoms with Crippen molar-refractivity contribution in [3.8, 4) is 0 Å². The number of nitrogens with two attached hydrogens (primary N) is 1. The van der Waals surface area contributed by atoms with Gasteiger partial charge in [-0.15, -0.1) is 0 Å². The van der Waals surface area contributed by atoms with Crippen LogP contribution in [0.2, 0.25) is 0 Å². The number of anilines is 2. The molecular weight excluding hydrogens is 561 g/mol. The molecule has 1 aliphatic heterocycles. The summed E-state index contributed by atoms with van der Waals surface area (Å²) in [5.41, 5.74) is 8.79. The number of para-hydroxylation sites is 1. The molecule has 0 fully saturated rings. The molecule has 7 heteroatoms. The van der Waals surface area contributed by atoms with Crippen molar-refractivity contribution < 1.29 is 9.18 Å². The molecule has 2 N–H and O–H groups in total. The highest BCUT2D eigenvalue weighted by atomic mass is 19.1. The average molecular weight is 592 g/mol. The Morgan fingerprint density at radius 1 is 0.689 bits per heavy atom. The summed E-state index contributed by atoms with van der Waals surface area (Å²) >= 11 is 0. The van der Waals surface area contributed by atoms with E-state index in [-0.39, 0.29) is 5.56 Å². The van der Waals surface area contributed by atoms with Crippen molar-refractivity contribution in [2.45, 2.75) is 18.1 Å². The zero-order valence-corrected chi connectivity index (χ0v) is 24.6. The van der Waals surface area contributed by atoms with E-state index >= 15 is 4.39 Å². The maximum Gasteiger partial charge on any atom is 0.275 e. The van der Waals surface area contributed by atoms with Gasteiger partial charge in [0.1, 0.15) is 11.4 Å². The molecule has 1 atom stereocenters. The second kappa shape index (κ2) is 11.1. The first-order chi connectivity index (χ1) is 21.9. The highest BCUT2D eigenvalue weighted by molar-refractivity contribution is 6.22. The molecule has 220 valence electrons. The molecule has 0 spiro atoms. The van der Waals surface area contributed by atoms with E-state index in [4.69, 9.17) is 10.7 Å². The van der Waals surface area contributed by atoms with Crippen LogP contribution < -0.4 is 10.6 Å². The van der Waals surface area contributed by atoms with Crippen LogP contribution in [0.3, 0.4) is 0 Å². The number of carbonyl (C=O) groups is 1. The predicted molar refractivity (Wildman–Crippen MR) is 175 cm³/mol. The van der Waals surface area contributed by atoms with Gasteiger partial charge in [-0.3, -0.25) is 20.4 Å². The topological polar surface area (TPSA) is 76.5 Å². The van der Waals surface area contributed by atoms with E-state index in [9.17, 15) is 4.79 Å². The summed E-state index contributed by atoms with van der Waals surface area (Å²) in [6.07, 6.45) is 3.61. The SMILES string of the molecule is CC1(N)N=C(c2ccccc2F)c2ccccc2N(c2cn(C(c3ccccc3)(c3ccccc3)c3ccccc3)cn2)C1=O. The Labute approximate surface area is 260 Å². The van der Waals surface area contributed by atoms with Crippen molar-refractivity contribution in [2.24, 2.45) is 10.7 Å². The number of imidazole rings is 1. The van der Waals surface area contributed by atoms with E-state index < -0.39 is 22.9 Å². The van der Waals surface area contributed by atoms with Gasteiger partial charge < -0.3 is 4.57 Å². The number of hydrogen-bond acceptors (Lipinski definition) is 4. The molecule has 0 saturated heterocycles. The molecule has 6 aromatic rings. The van der Waals surface area contributed by atoms with Crippen molar-refractivity contribution >= 4 is 23.1 Å². The van der Waals surface area contributed by atoms with Crippen LogP contribution in [-0.2, 0) is 10.3 Å². The Morgan fingerprint density at radius 3 is 1.73 bits per heavy atom. The third-order valence-electron chi connectivity index (χ3n) is 8.27. The van der Waals surface area contributed by atoms with Gasteiger partial charge in [0.15, 0.2) is 11.5 Å². The highest BCUT2D eigenvalue weighted by Gasteiger charge is 2.42. The largest absolute Gasteiger partial charge is 0.317 e. The van der Waals surface area contributed by atoms with Crippen molar-refractivity contribution in [3.05, 3.63) is 186 Å². The van der Waals surface area contributed by atoms with Gasteiger partial charge in [0.2, 0.25) is 0 Å². The summed E-state index contributed by atoms with van der Waals surface area (Å²) in [5, 5.41) is 0. The van der Waals surface area contributed by atoms with Gasteiger partial charge in [0.25, 0.3) is 5.91 Å². The Balaban J connectivity index is 1.47. The molecule has 0 radical (unpaired) electrons. The van der Waals surface area contributed by atoms with Gasteiger partial charge in [0, 0.05) is 11.1 Å². The summed E-state index contributed by atoms with van der Waals surface area (Å²) in [4.78, 5) is 25.3. The highest BCUT2D eigenvalue weighted by Crippen LogP contribution is 2.43. The molecule has 1 amide bonds. The lowest BCUT2D eigenvalue weighted by Gasteiger charge is -2.37. The molecule has 0 saturated carbocycles. The number of aromatic nitrogens is 2. The van der Waals surface area contributed by atoms with Gasteiger partial charge in [-0.25, -0.2) is 9.37 Å². The molecule has 5 aromatic carbocycles. The van der Waals surface area contributed by atoms with Gasteiger partial charge in [-0.05, 0) is 41.8 Å². The second-order valence-corrected chi connectivity index (χ2v) is 11.2. The van der Waals surface area contributed by atoms with Crippen molar-refractivity contribution in [1.29, 1.82) is 0 Å².